The number of fused-ring (bicyclic) bond motifs is 2. The van der Waals surface area contributed by atoms with E-state index in [1.54, 1.807) is 41.9 Å². The minimum Gasteiger partial charge on any atom is -0.497 e. The van der Waals surface area contributed by atoms with E-state index >= 15 is 4.11 Å². The number of nitrogens with one attached hydrogen (secondary N) is 1. The molecule has 2 aliphatic heterocycles. The van der Waals surface area contributed by atoms with E-state index in [4.69, 9.17) is 9.47 Å². The van der Waals surface area contributed by atoms with Crippen LogP contribution in [0.1, 0.15) is 52.0 Å². The second kappa shape index (κ2) is 14.7. The first kappa shape index (κ1) is 36.2. The molecule has 1 aromatic heterocycles. The minimum atomic E-state index is -3.41. The van der Waals surface area contributed by atoms with Crippen molar-refractivity contribution < 1.29 is 28.3 Å². The van der Waals surface area contributed by atoms with Crippen molar-refractivity contribution >= 4 is 31.6 Å². The standard InChI is InChI=1S/C41H44FN5O5Si/c1-27-38(53(3,4)42)37(20-21-46-25-35(44-45-46)33(26-48)29-13-7-5-8-14-29)52-41(27)34-23-32(51-2)18-19-36(34)47(40(41)50)24-28-12-11-17-31(22-28)43-39(49)30-15-9-6-10-16-30/h5-19,22-23,25,27,33,37-38,48H,20-21,24,26H2,1-4H3,(H,43,49)/t27-,33?,37+,38-,41+/m1/s1. The van der Waals surface area contributed by atoms with Crippen molar-refractivity contribution in [2.75, 3.05) is 23.9 Å². The number of carbonyl (C=O) groups is 2. The van der Waals surface area contributed by atoms with Gasteiger partial charge in [0.25, 0.3) is 11.8 Å². The van der Waals surface area contributed by atoms with E-state index in [0.717, 1.165) is 11.1 Å². The monoisotopic (exact) mass is 733 g/mol. The van der Waals surface area contributed by atoms with Gasteiger partial charge in [-0.3, -0.25) is 14.3 Å². The molecular weight excluding hydrogens is 690 g/mol. The topological polar surface area (TPSA) is 119 Å². The normalized spacial score (nSPS) is 21.5. The first-order chi connectivity index (χ1) is 25.5. The molecule has 5 aromatic rings. The Morgan fingerprint density at radius 3 is 2.47 bits per heavy atom. The van der Waals surface area contributed by atoms with Gasteiger partial charge in [0.15, 0.2) is 5.60 Å². The number of methoxy groups -OCH3 is 1. The van der Waals surface area contributed by atoms with Crippen LogP contribution in [-0.2, 0) is 28.2 Å². The number of nitrogens with zero attached hydrogens (tertiary/aromatic N) is 4. The number of anilines is 2. The zero-order valence-electron chi connectivity index (χ0n) is 30.3. The number of halogens is 1. The Bertz CT molecular complexity index is 2090. The molecule has 2 N–H and O–H groups in total. The van der Waals surface area contributed by atoms with Gasteiger partial charge < -0.3 is 28.9 Å². The Balaban J connectivity index is 1.16. The van der Waals surface area contributed by atoms with Gasteiger partial charge in [0, 0.05) is 41.0 Å². The Kier molecular flexibility index (Phi) is 10.0. The highest BCUT2D eigenvalue weighted by Crippen LogP contribution is 2.60. The smallest absolute Gasteiger partial charge is 0.264 e. The zero-order chi connectivity index (χ0) is 37.3. The van der Waals surface area contributed by atoms with E-state index in [-0.39, 0.29) is 30.9 Å². The van der Waals surface area contributed by atoms with Crippen molar-refractivity contribution in [3.63, 3.8) is 0 Å². The van der Waals surface area contributed by atoms with Crippen molar-refractivity contribution in [3.05, 3.63) is 137 Å². The summed E-state index contributed by atoms with van der Waals surface area (Å²) in [5.41, 5.74) is 2.93. The predicted molar refractivity (Wildman–Crippen MR) is 203 cm³/mol. The maximum atomic E-state index is 16.5. The summed E-state index contributed by atoms with van der Waals surface area (Å²) >= 11 is 0. The Morgan fingerprint density at radius 2 is 1.77 bits per heavy atom. The fourth-order valence-corrected chi connectivity index (χ4v) is 10.7. The lowest BCUT2D eigenvalue weighted by Crippen LogP contribution is -2.45. The number of carbonyl (C=O) groups excluding carboxylic acids is 2. The minimum absolute atomic E-state index is 0.119. The van der Waals surface area contributed by atoms with Crippen molar-refractivity contribution in [2.45, 2.75) is 62.7 Å². The van der Waals surface area contributed by atoms with Crippen LogP contribution < -0.4 is 15.0 Å². The molecule has 2 amide bonds. The van der Waals surface area contributed by atoms with Crippen molar-refractivity contribution in [2.24, 2.45) is 5.92 Å². The Morgan fingerprint density at radius 1 is 1.04 bits per heavy atom. The van der Waals surface area contributed by atoms with Crippen LogP contribution in [0, 0.1) is 5.92 Å². The van der Waals surface area contributed by atoms with Gasteiger partial charge in [0.05, 0.1) is 43.7 Å². The van der Waals surface area contributed by atoms with Gasteiger partial charge >= 0.3 is 0 Å². The second-order valence-electron chi connectivity index (χ2n) is 14.4. The summed E-state index contributed by atoms with van der Waals surface area (Å²) in [6, 6.07) is 31.6. The third kappa shape index (κ3) is 6.89. The summed E-state index contributed by atoms with van der Waals surface area (Å²) < 4.78 is 30.7. The molecule has 53 heavy (non-hydrogen) atoms. The van der Waals surface area contributed by atoms with Gasteiger partial charge in [-0.25, -0.2) is 0 Å². The van der Waals surface area contributed by atoms with Crippen molar-refractivity contribution in [1.82, 2.24) is 15.0 Å². The molecule has 1 spiro atoms. The van der Waals surface area contributed by atoms with Crippen LogP contribution in [0.5, 0.6) is 5.75 Å². The van der Waals surface area contributed by atoms with Crippen molar-refractivity contribution in [1.29, 1.82) is 0 Å². The summed E-state index contributed by atoms with van der Waals surface area (Å²) in [4.78, 5) is 29.5. The number of aryl methyl sites for hydroxylation is 1. The van der Waals surface area contributed by atoms with Gasteiger partial charge in [0.2, 0.25) is 8.41 Å². The average molecular weight is 734 g/mol. The quantitative estimate of drug-likeness (QED) is 0.104. The molecule has 5 atom stereocenters. The number of hydrogen-bond acceptors (Lipinski definition) is 7. The molecule has 3 heterocycles. The van der Waals surface area contributed by atoms with Crippen LogP contribution in [0.3, 0.4) is 0 Å². The predicted octanol–water partition coefficient (Wildman–Crippen LogP) is 7.08. The highest BCUT2D eigenvalue weighted by atomic mass is 28.4. The van der Waals surface area contributed by atoms with E-state index in [9.17, 15) is 14.7 Å². The molecule has 1 unspecified atom stereocenters. The van der Waals surface area contributed by atoms with Crippen LogP contribution in [0.15, 0.2) is 109 Å². The lowest BCUT2D eigenvalue weighted by atomic mass is 9.82. The summed E-state index contributed by atoms with van der Waals surface area (Å²) in [6.07, 6.45) is 1.64. The molecule has 2 aliphatic rings. The number of hydrogen-bond donors (Lipinski definition) is 2. The number of rotatable bonds is 12. The summed E-state index contributed by atoms with van der Waals surface area (Å²) in [7, 11) is -1.84. The maximum absolute atomic E-state index is 16.5. The van der Waals surface area contributed by atoms with Crippen LogP contribution in [-0.4, -0.2) is 60.1 Å². The maximum Gasteiger partial charge on any atom is 0.264 e. The summed E-state index contributed by atoms with van der Waals surface area (Å²) in [5, 5.41) is 21.8. The van der Waals surface area contributed by atoms with Crippen molar-refractivity contribution in [3.8, 4) is 5.75 Å². The highest BCUT2D eigenvalue weighted by molar-refractivity contribution is 6.72. The molecule has 274 valence electrons. The third-order valence-electron chi connectivity index (χ3n) is 10.7. The fraction of sp³-hybridized carbons (Fsp3) is 0.317. The van der Waals surface area contributed by atoms with Gasteiger partial charge in [-0.2, -0.15) is 0 Å². The largest absolute Gasteiger partial charge is 0.497 e. The molecule has 10 nitrogen and oxygen atoms in total. The van der Waals surface area contributed by atoms with Gasteiger partial charge in [0.1, 0.15) is 5.75 Å². The van der Waals surface area contributed by atoms with Gasteiger partial charge in [-0.15, -0.1) is 5.10 Å². The van der Waals surface area contributed by atoms with E-state index in [1.807, 2.05) is 104 Å². The number of aliphatic hydroxyl groups is 1. The molecular formula is C41H44FN5O5Si. The van der Waals surface area contributed by atoms with E-state index < -0.39 is 31.6 Å². The molecule has 0 saturated carbocycles. The van der Waals surface area contributed by atoms with Crippen LogP contribution in [0.25, 0.3) is 0 Å². The lowest BCUT2D eigenvalue weighted by Gasteiger charge is -2.31. The number of amides is 2. The second-order valence-corrected chi connectivity index (χ2v) is 18.2. The van der Waals surface area contributed by atoms with E-state index in [2.05, 4.69) is 15.6 Å². The first-order valence-corrected chi connectivity index (χ1v) is 20.9. The summed E-state index contributed by atoms with van der Waals surface area (Å²) in [6.45, 7) is 5.78. The lowest BCUT2D eigenvalue weighted by molar-refractivity contribution is -0.146. The van der Waals surface area contributed by atoms with Crippen LogP contribution >= 0.6 is 0 Å². The fourth-order valence-electron chi connectivity index (χ4n) is 8.20. The molecule has 4 aromatic carbocycles. The van der Waals surface area contributed by atoms with E-state index in [0.29, 0.717) is 46.9 Å². The molecule has 1 fully saturated rings. The number of ether oxygens (including phenoxy) is 2. The molecule has 0 radical (unpaired) electrons. The highest BCUT2D eigenvalue weighted by Gasteiger charge is 2.66. The molecule has 0 bridgehead atoms. The number of aromatic nitrogens is 3. The van der Waals surface area contributed by atoms with Crippen LogP contribution in [0.4, 0.5) is 15.5 Å². The number of aliphatic hydroxyl groups excluding tert-OH is 1. The summed E-state index contributed by atoms with van der Waals surface area (Å²) in [5.74, 6) is -0.721. The molecule has 1 saturated heterocycles. The molecule has 7 rings (SSSR count). The van der Waals surface area contributed by atoms with E-state index in [1.165, 1.54) is 0 Å². The third-order valence-corrected chi connectivity index (χ3v) is 13.1. The molecule has 0 aliphatic carbocycles. The number of benzene rings is 4. The molecule has 12 heteroatoms. The van der Waals surface area contributed by atoms with Gasteiger partial charge in [-0.1, -0.05) is 72.8 Å². The van der Waals surface area contributed by atoms with Crippen LogP contribution in [0.2, 0.25) is 18.6 Å². The Labute approximate surface area is 309 Å². The Hall–Kier alpha value is -5.17. The zero-order valence-corrected chi connectivity index (χ0v) is 31.3. The average Bonchev–Trinajstić information content (AvgIpc) is 3.82. The SMILES string of the molecule is COc1ccc2c(c1)[C@]1(O[C@@H](CCn3cc(C(CO)c4ccccc4)nn3)[C@H]([Si](C)(C)F)[C@H]1C)C(=O)N2Cc1cccc(NC(=O)c2ccccc2)c1. The van der Waals surface area contributed by atoms with Gasteiger partial charge in [-0.05, 0) is 73.1 Å². The first-order valence-electron chi connectivity index (χ1n) is 17.9.